The van der Waals surface area contributed by atoms with Crippen LogP contribution in [0.25, 0.3) is 50.3 Å². The maximum atomic E-state index is 7.85. The number of nitrogens with zero attached hydrogens (tertiary/aromatic N) is 5. The quantitative estimate of drug-likeness (QED) is 0.149. The van der Waals surface area contributed by atoms with Gasteiger partial charge in [-0.1, -0.05) is 47.4 Å². The Labute approximate surface area is 302 Å². The molecule has 0 aliphatic heterocycles. The van der Waals surface area contributed by atoms with Crippen molar-refractivity contribution in [1.29, 1.82) is 0 Å². The van der Waals surface area contributed by atoms with E-state index in [1.54, 1.807) is 42.7 Å². The molecule has 0 amide bonds. The first kappa shape index (κ1) is 29.4. The molecule has 4 aromatic carbocycles. The molecule has 0 spiro atoms. The smallest absolute Gasteiger partial charge is 0.503 e. The summed E-state index contributed by atoms with van der Waals surface area (Å²) in [6, 6.07) is 44.3. The van der Waals surface area contributed by atoms with Crippen LogP contribution in [0.1, 0.15) is 2.74 Å². The monoisotopic (exact) mass is 971 g/mol. The van der Waals surface area contributed by atoms with Gasteiger partial charge in [-0.3, -0.25) is 0 Å². The molecular weight excluding hydrogens is 949 g/mol. The van der Waals surface area contributed by atoms with E-state index in [9.17, 15) is 0 Å². The number of rotatable bonds is 7. The fourth-order valence-electron chi connectivity index (χ4n) is 5.06. The molecule has 8 aromatic rings. The molecule has 0 radical (unpaired) electrons. The van der Waals surface area contributed by atoms with Crippen molar-refractivity contribution in [2.75, 3.05) is 0 Å². The second-order valence-corrected chi connectivity index (χ2v) is 9.92. The van der Waals surface area contributed by atoms with E-state index in [1.165, 1.54) is 0 Å². The molecule has 0 bridgehead atoms. The predicted octanol–water partition coefficient (Wildman–Crippen LogP) is 8.48. The summed E-state index contributed by atoms with van der Waals surface area (Å²) in [5.74, 6) is 2.36. The molecule has 0 aliphatic carbocycles. The molecule has 0 saturated carbocycles. The number of fused-ring (bicyclic) bond motifs is 3. The number of hydrogen-bond donors (Lipinski definition) is 0. The average molecular weight is 972 g/mol. The van der Waals surface area contributed by atoms with Crippen LogP contribution < -0.4 is 9.47 Å². The molecule has 0 atom stereocenters. The number of hydrogen-bond acceptors (Lipinski definition) is 6. The zero-order valence-corrected chi connectivity index (χ0v) is 28.7. The maximum absolute atomic E-state index is 7.85. The summed E-state index contributed by atoms with van der Waals surface area (Å²) < 4.78 is 30.0. The van der Waals surface area contributed by atoms with E-state index in [-0.39, 0.29) is 54.5 Å². The minimum absolute atomic E-state index is 0. The minimum Gasteiger partial charge on any atom is -0.503 e. The van der Waals surface area contributed by atoms with Crippen LogP contribution in [0.2, 0.25) is 0 Å². The fraction of sp³-hybridized carbons (Fsp3) is 0. The van der Waals surface area contributed by atoms with Gasteiger partial charge in [0.1, 0.15) is 0 Å². The first-order valence-corrected chi connectivity index (χ1v) is 14.1. The summed E-state index contributed by atoms with van der Waals surface area (Å²) in [7, 11) is 0. The van der Waals surface area contributed by atoms with Crippen molar-refractivity contribution in [3.05, 3.63) is 152 Å². The molecule has 4 aromatic heterocycles. The van der Waals surface area contributed by atoms with Crippen molar-refractivity contribution in [3.8, 4) is 51.5 Å². The Morgan fingerprint density at radius 3 is 1.47 bits per heavy atom. The van der Waals surface area contributed by atoms with Crippen molar-refractivity contribution in [2.45, 2.75) is 0 Å². The Hall–Kier alpha value is -4.96. The summed E-state index contributed by atoms with van der Waals surface area (Å²) in [5.41, 5.74) is 4.12. The number of ether oxygens (including phenoxy) is 2. The summed E-state index contributed by atoms with van der Waals surface area (Å²) in [4.78, 5) is 17.6. The summed E-state index contributed by atoms with van der Waals surface area (Å²) >= 11 is 0. The van der Waals surface area contributed by atoms with Crippen LogP contribution >= 0.6 is 0 Å². The first-order chi connectivity index (χ1) is 23.1. The van der Waals surface area contributed by atoms with Crippen LogP contribution in [0, 0.1) is 24.3 Å². The Balaban J connectivity index is 0.00000208. The van der Waals surface area contributed by atoms with Gasteiger partial charge in [0.2, 0.25) is 5.95 Å². The van der Waals surface area contributed by atoms with Crippen molar-refractivity contribution < 1.29 is 54.3 Å². The van der Waals surface area contributed by atoms with Gasteiger partial charge < -0.3 is 24.0 Å². The first-order valence-electron chi connectivity index (χ1n) is 15.1. The molecule has 0 fully saturated rings. The van der Waals surface area contributed by atoms with E-state index in [4.69, 9.17) is 12.2 Å². The van der Waals surface area contributed by atoms with Gasteiger partial charge in [-0.25, -0.2) is 9.97 Å². The summed E-state index contributed by atoms with van der Waals surface area (Å²) in [5, 5.41) is 1.82. The maximum Gasteiger partial charge on any atom is 2.00 e. The van der Waals surface area contributed by atoms with Crippen LogP contribution in [-0.2, 0) is 42.1 Å². The second-order valence-electron chi connectivity index (χ2n) is 9.92. The second kappa shape index (κ2) is 14.2. The Morgan fingerprint density at radius 2 is 0.979 bits per heavy atom. The van der Waals surface area contributed by atoms with Crippen LogP contribution in [0.4, 0.5) is 0 Å². The number of pyridine rings is 2. The largest absolute Gasteiger partial charge is 2.00 e. The molecule has 7 nitrogen and oxygen atoms in total. The van der Waals surface area contributed by atoms with E-state index < -0.39 is 0 Å². The summed E-state index contributed by atoms with van der Waals surface area (Å²) in [6.45, 7) is 0. The molecule has 0 saturated heterocycles. The third-order valence-corrected chi connectivity index (χ3v) is 7.03. The van der Waals surface area contributed by atoms with Crippen LogP contribution in [0.5, 0.6) is 23.0 Å². The third-order valence-electron chi connectivity index (χ3n) is 7.03. The molecule has 9 heteroatoms. The van der Waals surface area contributed by atoms with E-state index >= 15 is 0 Å². The molecule has 0 N–H and O–H groups in total. The Morgan fingerprint density at radius 1 is 0.489 bits per heavy atom. The zero-order chi connectivity index (χ0) is 31.7. The SMILES string of the molecule is [2H]c1cccc(-c2[c-]c(Oc3[c-]c4c(cc3)c3ccc(Oc5[c-]c(-c6cccc([2H])n6)ccc5)[c-]c3n4-c3ncccn3)ccc2)n1.[Pt+2].[Pt+2]. The van der Waals surface area contributed by atoms with Gasteiger partial charge in [-0.15, -0.1) is 71.8 Å². The molecule has 47 heavy (non-hydrogen) atoms. The molecule has 4 heterocycles. The zero-order valence-electron chi connectivity index (χ0n) is 26.2. The normalized spacial score (nSPS) is 11.2. The summed E-state index contributed by atoms with van der Waals surface area (Å²) in [6.07, 6.45) is 3.73. The van der Waals surface area contributed by atoms with Crippen molar-refractivity contribution in [3.63, 3.8) is 0 Å². The topological polar surface area (TPSA) is 75.0 Å². The molecule has 230 valence electrons. The Bertz CT molecular complexity index is 2280. The van der Waals surface area contributed by atoms with Gasteiger partial charge in [-0.05, 0) is 29.6 Å². The van der Waals surface area contributed by atoms with Crippen LogP contribution in [0.15, 0.2) is 128 Å². The van der Waals surface area contributed by atoms with E-state index in [2.05, 4.69) is 44.2 Å². The van der Waals surface area contributed by atoms with Gasteiger partial charge in [-0.2, -0.15) is 22.9 Å². The molecule has 0 unspecified atom stereocenters. The van der Waals surface area contributed by atoms with Crippen LogP contribution in [0.3, 0.4) is 0 Å². The van der Waals surface area contributed by atoms with E-state index in [0.717, 1.165) is 21.9 Å². The van der Waals surface area contributed by atoms with Gasteiger partial charge in [0.25, 0.3) is 0 Å². The van der Waals surface area contributed by atoms with Crippen molar-refractivity contribution in [2.24, 2.45) is 0 Å². The van der Waals surface area contributed by atoms with Gasteiger partial charge in [0.15, 0.2) is 0 Å². The molecule has 0 aliphatic rings. The van der Waals surface area contributed by atoms with Gasteiger partial charge in [0.05, 0.1) is 2.74 Å². The average Bonchev–Trinajstić information content (AvgIpc) is 3.41. The minimum atomic E-state index is 0. The van der Waals surface area contributed by atoms with Crippen LogP contribution in [-0.4, -0.2) is 24.5 Å². The van der Waals surface area contributed by atoms with E-state index in [1.807, 2.05) is 77.4 Å². The van der Waals surface area contributed by atoms with Gasteiger partial charge >= 0.3 is 42.1 Å². The van der Waals surface area contributed by atoms with Crippen molar-refractivity contribution >= 4 is 21.8 Å². The van der Waals surface area contributed by atoms with Crippen molar-refractivity contribution in [1.82, 2.24) is 24.5 Å². The van der Waals surface area contributed by atoms with E-state index in [0.29, 0.717) is 51.4 Å². The van der Waals surface area contributed by atoms with Gasteiger partial charge in [0, 0.05) is 47.7 Å². The number of aromatic nitrogens is 5. The molecule has 8 rings (SSSR count). The standard InChI is InChI=1S/C38H21N5O2.2Pt/c1-3-18-39-34(12-1)26-8-5-10-28(22-26)44-30-14-16-32-33-17-15-31(25-37(33)43(36(32)24-30)38-41-20-7-21-42-38)45-29-11-6-9-27(23-29)35-13-2-4-19-40-35;;/h1-21H;;/q-4;2*+2/i18D,19D;;. The molecular formula is C38H21N5O2Pt2. The number of benzene rings is 4. The fourth-order valence-corrected chi connectivity index (χ4v) is 5.06. The Kier molecular flexibility index (Phi) is 8.90. The third kappa shape index (κ3) is 6.64. The predicted molar refractivity (Wildman–Crippen MR) is 171 cm³/mol.